The molecule has 0 aromatic carbocycles. The second-order valence-corrected chi connectivity index (χ2v) is 8.67. The molecule has 6 nitrogen and oxygen atoms in total. The van der Waals surface area contributed by atoms with Crippen LogP contribution >= 0.6 is 0 Å². The van der Waals surface area contributed by atoms with Crippen molar-refractivity contribution in [1.29, 1.82) is 0 Å². The Kier molecular flexibility index (Phi) is 7.05. The predicted octanol–water partition coefficient (Wildman–Crippen LogP) is 2.76. The molecule has 1 N–H and O–H groups in total. The van der Waals surface area contributed by atoms with E-state index in [1.807, 2.05) is 17.0 Å². The van der Waals surface area contributed by atoms with Crippen LogP contribution in [0.25, 0.3) is 0 Å². The lowest BCUT2D eigenvalue weighted by Crippen LogP contribution is -2.42. The molecular weight excluding hydrogens is 354 g/mol. The van der Waals surface area contributed by atoms with Gasteiger partial charge in [-0.3, -0.25) is 9.59 Å². The van der Waals surface area contributed by atoms with Crippen molar-refractivity contribution in [2.75, 3.05) is 37.7 Å². The molecule has 1 unspecified atom stereocenters. The quantitative estimate of drug-likeness (QED) is 0.812. The summed E-state index contributed by atoms with van der Waals surface area (Å²) >= 11 is 0. The van der Waals surface area contributed by atoms with E-state index in [1.54, 1.807) is 6.20 Å². The highest BCUT2D eigenvalue weighted by Gasteiger charge is 2.29. The Morgan fingerprint density at radius 3 is 2.54 bits per heavy atom. The lowest BCUT2D eigenvalue weighted by Gasteiger charge is -2.33. The largest absolute Gasteiger partial charge is 0.396 e. The van der Waals surface area contributed by atoms with Gasteiger partial charge < -0.3 is 14.9 Å². The number of rotatable bonds is 6. The zero-order chi connectivity index (χ0) is 20.1. The van der Waals surface area contributed by atoms with Gasteiger partial charge >= 0.3 is 0 Å². The van der Waals surface area contributed by atoms with Crippen LogP contribution in [0.15, 0.2) is 18.3 Å². The number of carbonyl (C=O) groups excluding carboxylic acids is 2. The van der Waals surface area contributed by atoms with Gasteiger partial charge in [0.15, 0.2) is 0 Å². The van der Waals surface area contributed by atoms with Gasteiger partial charge in [-0.15, -0.1) is 0 Å². The Bertz CT molecular complexity index is 666. The lowest BCUT2D eigenvalue weighted by molar-refractivity contribution is -0.124. The number of Topliss-reactive ketones (excluding diaryl/α,β-unsaturated/α-hetero) is 1. The smallest absolute Gasteiger partial charge is 0.255 e. The fourth-order valence-electron chi connectivity index (χ4n) is 4.22. The van der Waals surface area contributed by atoms with Crippen molar-refractivity contribution in [3.8, 4) is 0 Å². The summed E-state index contributed by atoms with van der Waals surface area (Å²) in [7, 11) is 0. The summed E-state index contributed by atoms with van der Waals surface area (Å²) in [6.45, 7) is 7.38. The molecule has 1 atom stereocenters. The van der Waals surface area contributed by atoms with Gasteiger partial charge in [0.25, 0.3) is 5.91 Å². The summed E-state index contributed by atoms with van der Waals surface area (Å²) in [4.78, 5) is 33.8. The number of piperidine rings is 2. The first-order valence-corrected chi connectivity index (χ1v) is 10.6. The van der Waals surface area contributed by atoms with E-state index in [-0.39, 0.29) is 24.2 Å². The van der Waals surface area contributed by atoms with Gasteiger partial charge in [0.1, 0.15) is 11.6 Å². The van der Waals surface area contributed by atoms with Crippen molar-refractivity contribution in [3.63, 3.8) is 0 Å². The van der Waals surface area contributed by atoms with Gasteiger partial charge in [-0.05, 0) is 49.7 Å². The van der Waals surface area contributed by atoms with Crippen LogP contribution in [0.5, 0.6) is 0 Å². The molecule has 3 heterocycles. The zero-order valence-corrected chi connectivity index (χ0v) is 17.1. The zero-order valence-electron chi connectivity index (χ0n) is 17.1. The second kappa shape index (κ2) is 9.50. The van der Waals surface area contributed by atoms with Gasteiger partial charge in [0.05, 0.1) is 5.56 Å². The van der Waals surface area contributed by atoms with E-state index in [1.165, 1.54) is 0 Å². The third kappa shape index (κ3) is 5.10. The molecule has 0 bridgehead atoms. The summed E-state index contributed by atoms with van der Waals surface area (Å²) in [5.74, 6) is 1.87. The normalized spacial score (nSPS) is 21.2. The molecule has 1 aromatic rings. The van der Waals surface area contributed by atoms with Crippen LogP contribution < -0.4 is 4.90 Å². The van der Waals surface area contributed by atoms with Crippen molar-refractivity contribution in [2.45, 2.75) is 46.0 Å². The molecule has 0 saturated carbocycles. The van der Waals surface area contributed by atoms with Gasteiger partial charge in [0, 0.05) is 51.3 Å². The maximum absolute atomic E-state index is 12.9. The number of hydrogen-bond acceptors (Lipinski definition) is 5. The number of hydrogen-bond donors (Lipinski definition) is 1. The van der Waals surface area contributed by atoms with Gasteiger partial charge in [-0.1, -0.05) is 13.8 Å². The first-order chi connectivity index (χ1) is 13.5. The highest BCUT2D eigenvalue weighted by Crippen LogP contribution is 2.24. The third-order valence-electron chi connectivity index (χ3n) is 5.96. The number of pyridine rings is 1. The van der Waals surface area contributed by atoms with E-state index < -0.39 is 0 Å². The summed E-state index contributed by atoms with van der Waals surface area (Å²) in [6, 6.07) is 3.76. The molecule has 0 spiro atoms. The van der Waals surface area contributed by atoms with Crippen LogP contribution in [-0.4, -0.2) is 59.5 Å². The summed E-state index contributed by atoms with van der Waals surface area (Å²) in [5.41, 5.74) is 0.589. The van der Waals surface area contributed by atoms with Crippen LogP contribution in [-0.2, 0) is 4.79 Å². The number of aliphatic hydroxyl groups is 1. The molecule has 1 aromatic heterocycles. The monoisotopic (exact) mass is 387 g/mol. The van der Waals surface area contributed by atoms with E-state index in [4.69, 9.17) is 0 Å². The fourth-order valence-corrected chi connectivity index (χ4v) is 4.22. The standard InChI is InChI=1S/C22H33N3O3/c1-16(2)12-20(27)19-4-3-9-25(14-19)22(28)18-5-6-21(23-13-18)24-10-7-17(15-26)8-11-24/h5-6,13,16-17,19,26H,3-4,7-12,14-15H2,1-2H3. The number of anilines is 1. The van der Waals surface area contributed by atoms with Crippen molar-refractivity contribution >= 4 is 17.5 Å². The topological polar surface area (TPSA) is 73.7 Å². The molecule has 6 heteroatoms. The second-order valence-electron chi connectivity index (χ2n) is 8.67. The maximum atomic E-state index is 12.9. The van der Waals surface area contributed by atoms with E-state index >= 15 is 0 Å². The lowest BCUT2D eigenvalue weighted by atomic mass is 9.89. The minimum atomic E-state index is -0.0277. The molecule has 154 valence electrons. The number of ketones is 1. The average molecular weight is 388 g/mol. The van der Waals surface area contributed by atoms with Crippen LogP contribution in [0, 0.1) is 17.8 Å². The van der Waals surface area contributed by atoms with Crippen molar-refractivity contribution in [1.82, 2.24) is 9.88 Å². The fraction of sp³-hybridized carbons (Fsp3) is 0.682. The average Bonchev–Trinajstić information content (AvgIpc) is 2.73. The first kappa shape index (κ1) is 20.8. The van der Waals surface area contributed by atoms with Crippen LogP contribution in [0.1, 0.15) is 56.3 Å². The highest BCUT2D eigenvalue weighted by atomic mass is 16.3. The van der Waals surface area contributed by atoms with E-state index in [2.05, 4.69) is 23.7 Å². The minimum absolute atomic E-state index is 0.0276. The van der Waals surface area contributed by atoms with Crippen molar-refractivity contribution in [3.05, 3.63) is 23.9 Å². The molecule has 2 aliphatic rings. The number of aromatic nitrogens is 1. The Morgan fingerprint density at radius 2 is 1.93 bits per heavy atom. The molecule has 2 saturated heterocycles. The van der Waals surface area contributed by atoms with E-state index in [0.29, 0.717) is 36.9 Å². The predicted molar refractivity (Wildman–Crippen MR) is 109 cm³/mol. The van der Waals surface area contributed by atoms with Gasteiger partial charge in [-0.2, -0.15) is 0 Å². The Hall–Kier alpha value is -1.95. The summed E-state index contributed by atoms with van der Waals surface area (Å²) in [6.07, 6.45) is 5.96. The van der Waals surface area contributed by atoms with Crippen LogP contribution in [0.2, 0.25) is 0 Å². The van der Waals surface area contributed by atoms with Gasteiger partial charge in [0.2, 0.25) is 0 Å². The molecule has 2 fully saturated rings. The van der Waals surface area contributed by atoms with E-state index in [0.717, 1.165) is 44.6 Å². The van der Waals surface area contributed by atoms with Gasteiger partial charge in [-0.25, -0.2) is 4.98 Å². The Balaban J connectivity index is 1.59. The minimum Gasteiger partial charge on any atom is -0.396 e. The number of carbonyl (C=O) groups is 2. The molecule has 3 rings (SSSR count). The number of amides is 1. The summed E-state index contributed by atoms with van der Waals surface area (Å²) < 4.78 is 0. The first-order valence-electron chi connectivity index (χ1n) is 10.6. The molecular formula is C22H33N3O3. The van der Waals surface area contributed by atoms with Crippen LogP contribution in [0.3, 0.4) is 0 Å². The SMILES string of the molecule is CC(C)CC(=O)C1CCCN(C(=O)c2ccc(N3CCC(CO)CC3)nc2)C1. The van der Waals surface area contributed by atoms with Crippen LogP contribution in [0.4, 0.5) is 5.82 Å². The number of aliphatic hydroxyl groups excluding tert-OH is 1. The maximum Gasteiger partial charge on any atom is 0.255 e. The van der Waals surface area contributed by atoms with E-state index in [9.17, 15) is 14.7 Å². The molecule has 0 radical (unpaired) electrons. The summed E-state index contributed by atoms with van der Waals surface area (Å²) in [5, 5.41) is 9.27. The number of nitrogens with zero attached hydrogens (tertiary/aromatic N) is 3. The van der Waals surface area contributed by atoms with Crippen molar-refractivity contribution < 1.29 is 14.7 Å². The molecule has 1 amide bonds. The Labute approximate surface area is 167 Å². The Morgan fingerprint density at radius 1 is 1.18 bits per heavy atom. The highest BCUT2D eigenvalue weighted by molar-refractivity contribution is 5.94. The number of likely N-dealkylation sites (tertiary alicyclic amines) is 1. The molecule has 0 aliphatic carbocycles. The molecule has 28 heavy (non-hydrogen) atoms. The van der Waals surface area contributed by atoms with Crippen molar-refractivity contribution in [2.24, 2.45) is 17.8 Å². The molecule has 2 aliphatic heterocycles. The third-order valence-corrected chi connectivity index (χ3v) is 5.96.